The van der Waals surface area contributed by atoms with Crippen LogP contribution in [-0.4, -0.2) is 29.4 Å². The van der Waals surface area contributed by atoms with Gasteiger partial charge in [0.1, 0.15) is 11.5 Å². The minimum atomic E-state index is -0.697. The lowest BCUT2D eigenvalue weighted by molar-refractivity contribution is -0.139. The summed E-state index contributed by atoms with van der Waals surface area (Å²) in [5.74, 6) is 0.109. The third-order valence-electron chi connectivity index (χ3n) is 5.22. The van der Waals surface area contributed by atoms with Crippen molar-refractivity contribution < 1.29 is 19.4 Å². The Morgan fingerprint density at radius 2 is 2.00 bits per heavy atom. The quantitative estimate of drug-likeness (QED) is 0.562. The fourth-order valence-corrected chi connectivity index (χ4v) is 4.89. The number of phenols is 1. The molecule has 0 bridgehead atoms. The number of carbonyl (C=O) groups is 1. The molecule has 0 aliphatic carbocycles. The van der Waals surface area contributed by atoms with Crippen molar-refractivity contribution in [3.8, 4) is 11.5 Å². The first kappa shape index (κ1) is 22.8. The van der Waals surface area contributed by atoms with Gasteiger partial charge in [-0.15, -0.1) is 0 Å². The zero-order chi connectivity index (χ0) is 23.7. The molecule has 1 aliphatic rings. The van der Waals surface area contributed by atoms with Crippen molar-refractivity contribution >= 4 is 35.0 Å². The summed E-state index contributed by atoms with van der Waals surface area (Å²) in [6.07, 6.45) is 1.68. The van der Waals surface area contributed by atoms with Gasteiger partial charge in [-0.2, -0.15) is 0 Å². The van der Waals surface area contributed by atoms with Gasteiger partial charge in [0.25, 0.3) is 5.56 Å². The number of carbonyl (C=O) groups excluding carboxylic acids is 1. The molecule has 170 valence electrons. The van der Waals surface area contributed by atoms with Crippen molar-refractivity contribution in [2.75, 3.05) is 13.7 Å². The molecule has 33 heavy (non-hydrogen) atoms. The van der Waals surface area contributed by atoms with Gasteiger partial charge in [-0.25, -0.2) is 9.79 Å². The Balaban J connectivity index is 1.94. The van der Waals surface area contributed by atoms with E-state index in [1.54, 1.807) is 51.3 Å². The number of benzene rings is 2. The predicted octanol–water partition coefficient (Wildman–Crippen LogP) is 3.17. The van der Waals surface area contributed by atoms with Crippen LogP contribution in [0.25, 0.3) is 6.08 Å². The summed E-state index contributed by atoms with van der Waals surface area (Å²) in [5.41, 5.74) is 1.90. The van der Waals surface area contributed by atoms with Gasteiger partial charge < -0.3 is 14.6 Å². The summed E-state index contributed by atoms with van der Waals surface area (Å²) in [7, 11) is 1.57. The Bertz CT molecular complexity index is 1440. The molecule has 1 N–H and O–H groups in total. The number of ether oxygens (including phenoxy) is 2. The summed E-state index contributed by atoms with van der Waals surface area (Å²) in [6, 6.07) is 11.2. The minimum Gasteiger partial charge on any atom is -0.506 e. The van der Waals surface area contributed by atoms with E-state index >= 15 is 0 Å². The Morgan fingerprint density at radius 3 is 2.64 bits per heavy atom. The zero-order valence-corrected chi connectivity index (χ0v) is 19.7. The first-order valence-electron chi connectivity index (χ1n) is 10.2. The lowest BCUT2D eigenvalue weighted by Gasteiger charge is -2.24. The molecule has 3 aromatic rings. The zero-order valence-electron chi connectivity index (χ0n) is 18.2. The van der Waals surface area contributed by atoms with Crippen LogP contribution in [0.3, 0.4) is 0 Å². The van der Waals surface area contributed by atoms with E-state index < -0.39 is 12.0 Å². The first-order valence-corrected chi connectivity index (χ1v) is 11.4. The van der Waals surface area contributed by atoms with Crippen LogP contribution in [0.4, 0.5) is 0 Å². The second-order valence-electron chi connectivity index (χ2n) is 7.29. The average molecular weight is 485 g/mol. The molecule has 0 saturated carbocycles. The number of nitrogens with zero attached hydrogens (tertiary/aromatic N) is 2. The highest BCUT2D eigenvalue weighted by atomic mass is 35.5. The van der Waals surface area contributed by atoms with Gasteiger partial charge in [-0.05, 0) is 55.3 Å². The number of methoxy groups -OCH3 is 1. The average Bonchev–Trinajstić information content (AvgIpc) is 3.10. The van der Waals surface area contributed by atoms with E-state index in [0.717, 1.165) is 5.56 Å². The normalized spacial score (nSPS) is 15.8. The number of fused-ring (bicyclic) bond motifs is 1. The smallest absolute Gasteiger partial charge is 0.338 e. The van der Waals surface area contributed by atoms with Crippen LogP contribution in [-0.2, 0) is 9.53 Å². The molecular weight excluding hydrogens is 464 g/mol. The first-order chi connectivity index (χ1) is 15.8. The standard InChI is InChI=1S/C24H21ClN2O5S/c1-4-32-23(30)20-13(2)26-24-27(21(20)15-6-8-16(31-3)9-7-15)22(29)19(33-24)12-14-5-10-18(28)17(25)11-14/h5-12,21,28H,4H2,1-3H3/b19-12+. The van der Waals surface area contributed by atoms with Gasteiger partial charge in [0, 0.05) is 0 Å². The molecular formula is C24H21ClN2O5S. The fraction of sp³-hybridized carbons (Fsp3) is 0.208. The van der Waals surface area contributed by atoms with Crippen molar-refractivity contribution in [1.82, 2.24) is 4.57 Å². The molecule has 2 heterocycles. The SMILES string of the molecule is CCOC(=O)C1=C(C)N=c2s/c(=C/c3ccc(O)c(Cl)c3)c(=O)n2C1c1ccc(OC)cc1. The molecule has 0 saturated heterocycles. The number of esters is 1. The van der Waals surface area contributed by atoms with E-state index in [2.05, 4.69) is 4.99 Å². The van der Waals surface area contributed by atoms with Crippen LogP contribution >= 0.6 is 22.9 Å². The summed E-state index contributed by atoms with van der Waals surface area (Å²) < 4.78 is 12.5. The maximum atomic E-state index is 13.5. The Morgan fingerprint density at radius 1 is 1.27 bits per heavy atom. The highest BCUT2D eigenvalue weighted by Gasteiger charge is 2.33. The Hall–Kier alpha value is -3.36. The number of hydrogen-bond donors (Lipinski definition) is 1. The summed E-state index contributed by atoms with van der Waals surface area (Å²) in [5, 5.41) is 9.85. The van der Waals surface area contributed by atoms with E-state index in [4.69, 9.17) is 21.1 Å². The summed E-state index contributed by atoms with van der Waals surface area (Å²) in [6.45, 7) is 3.67. The molecule has 7 nitrogen and oxygen atoms in total. The van der Waals surface area contributed by atoms with Crippen molar-refractivity contribution in [3.05, 3.63) is 89.6 Å². The van der Waals surface area contributed by atoms with Crippen molar-refractivity contribution in [2.45, 2.75) is 19.9 Å². The lowest BCUT2D eigenvalue weighted by atomic mass is 9.96. The molecule has 0 fully saturated rings. The van der Waals surface area contributed by atoms with Gasteiger partial charge in [-0.1, -0.05) is 41.1 Å². The van der Waals surface area contributed by atoms with Crippen LogP contribution in [0.2, 0.25) is 5.02 Å². The number of aromatic hydroxyl groups is 1. The molecule has 1 unspecified atom stereocenters. The topological polar surface area (TPSA) is 90.1 Å². The number of rotatable bonds is 5. The lowest BCUT2D eigenvalue weighted by Crippen LogP contribution is -2.39. The Kier molecular flexibility index (Phi) is 6.40. The molecule has 0 radical (unpaired) electrons. The maximum Gasteiger partial charge on any atom is 0.338 e. The number of halogens is 1. The van der Waals surface area contributed by atoms with Gasteiger partial charge in [0.15, 0.2) is 4.80 Å². The van der Waals surface area contributed by atoms with Crippen LogP contribution in [0.1, 0.15) is 31.0 Å². The van der Waals surface area contributed by atoms with Crippen LogP contribution in [0.15, 0.2) is 63.5 Å². The number of aromatic nitrogens is 1. The minimum absolute atomic E-state index is 0.0375. The molecule has 1 aromatic heterocycles. The van der Waals surface area contributed by atoms with Gasteiger partial charge in [0.05, 0.1) is 40.6 Å². The third-order valence-corrected chi connectivity index (χ3v) is 6.50. The highest BCUT2D eigenvalue weighted by molar-refractivity contribution is 7.07. The second-order valence-corrected chi connectivity index (χ2v) is 8.70. The van der Waals surface area contributed by atoms with Crippen LogP contribution in [0, 0.1) is 0 Å². The van der Waals surface area contributed by atoms with Gasteiger partial charge in [-0.3, -0.25) is 9.36 Å². The van der Waals surface area contributed by atoms with Gasteiger partial charge >= 0.3 is 5.97 Å². The van der Waals surface area contributed by atoms with E-state index in [-0.39, 0.29) is 22.9 Å². The van der Waals surface area contributed by atoms with Crippen molar-refractivity contribution in [3.63, 3.8) is 0 Å². The van der Waals surface area contributed by atoms with E-state index in [0.29, 0.717) is 31.9 Å². The summed E-state index contributed by atoms with van der Waals surface area (Å²) in [4.78, 5) is 31.4. The number of phenolic OH excluding ortho intramolecular Hbond substituents is 1. The van der Waals surface area contributed by atoms with E-state index in [1.807, 2.05) is 12.1 Å². The number of allylic oxidation sites excluding steroid dienone is 1. The predicted molar refractivity (Wildman–Crippen MR) is 127 cm³/mol. The van der Waals surface area contributed by atoms with Crippen LogP contribution < -0.4 is 19.6 Å². The van der Waals surface area contributed by atoms with E-state index in [9.17, 15) is 14.7 Å². The van der Waals surface area contributed by atoms with Crippen molar-refractivity contribution in [2.24, 2.45) is 4.99 Å². The number of thiazole rings is 1. The molecule has 0 spiro atoms. The molecule has 4 rings (SSSR count). The fourth-order valence-electron chi connectivity index (χ4n) is 3.66. The Labute approximate surface area is 198 Å². The molecule has 0 amide bonds. The molecule has 1 aliphatic heterocycles. The highest BCUT2D eigenvalue weighted by Crippen LogP contribution is 2.31. The second kappa shape index (κ2) is 9.25. The van der Waals surface area contributed by atoms with Gasteiger partial charge in [0.2, 0.25) is 0 Å². The number of hydrogen-bond acceptors (Lipinski definition) is 7. The summed E-state index contributed by atoms with van der Waals surface area (Å²) >= 11 is 7.23. The molecule has 2 aromatic carbocycles. The molecule has 9 heteroatoms. The molecule has 1 atom stereocenters. The maximum absolute atomic E-state index is 13.5. The third kappa shape index (κ3) is 4.31. The van der Waals surface area contributed by atoms with E-state index in [1.165, 1.54) is 22.0 Å². The van der Waals surface area contributed by atoms with Crippen molar-refractivity contribution in [1.29, 1.82) is 0 Å². The largest absolute Gasteiger partial charge is 0.506 e. The van der Waals surface area contributed by atoms with Crippen LogP contribution in [0.5, 0.6) is 11.5 Å². The monoisotopic (exact) mass is 484 g/mol.